The average molecular weight is 623 g/mol. The van der Waals surface area contributed by atoms with E-state index in [1.165, 1.54) is 18.1 Å². The standard InChI is InChI=1S/C34H35FN8O3/c1-23(41-15-17-45-18-16-41)7-5-6-8-24(20-36)34(44)42-14-13-25(42)21-43-33-30(32(37)38-22-39-33)31(40-43)28-12-11-27(19-29(28)35)46-26-9-3-2-4-10-26/h2-4,7-12,19,22,25H,5-6,13-18,21H2,1H3,(H2,37,38,39)/b23-7-,24-8+. The molecule has 2 aromatic heterocycles. The van der Waals surface area contributed by atoms with Crippen LogP contribution in [0.4, 0.5) is 10.2 Å². The van der Waals surface area contributed by atoms with Crippen molar-refractivity contribution in [2.24, 2.45) is 0 Å². The molecule has 0 bridgehead atoms. The first-order valence-electron chi connectivity index (χ1n) is 15.3. The molecule has 11 nitrogen and oxygen atoms in total. The number of allylic oxidation sites excluding steroid dienone is 3. The zero-order valence-electron chi connectivity index (χ0n) is 25.6. The number of fused-ring (bicyclic) bond motifs is 1. The molecule has 2 aliphatic rings. The van der Waals surface area contributed by atoms with Crippen molar-refractivity contribution in [2.75, 3.05) is 38.6 Å². The van der Waals surface area contributed by atoms with Gasteiger partial charge in [0.15, 0.2) is 5.65 Å². The Morgan fingerprint density at radius 3 is 2.61 bits per heavy atom. The molecule has 1 amide bonds. The second kappa shape index (κ2) is 13.8. The van der Waals surface area contributed by atoms with Gasteiger partial charge in [0.2, 0.25) is 0 Å². The van der Waals surface area contributed by atoms with Crippen molar-refractivity contribution < 1.29 is 18.7 Å². The third-order valence-electron chi connectivity index (χ3n) is 8.34. The second-order valence-electron chi connectivity index (χ2n) is 11.2. The summed E-state index contributed by atoms with van der Waals surface area (Å²) >= 11 is 0. The van der Waals surface area contributed by atoms with Gasteiger partial charge in [-0.1, -0.05) is 30.4 Å². The molecule has 4 aromatic rings. The summed E-state index contributed by atoms with van der Waals surface area (Å²) in [5.74, 6) is 0.255. The van der Waals surface area contributed by atoms with Crippen LogP contribution in [0, 0.1) is 17.1 Å². The van der Waals surface area contributed by atoms with E-state index in [0.717, 1.165) is 39.1 Å². The average Bonchev–Trinajstić information content (AvgIpc) is 3.43. The van der Waals surface area contributed by atoms with Crippen molar-refractivity contribution in [3.8, 4) is 28.8 Å². The van der Waals surface area contributed by atoms with Crippen LogP contribution in [0.5, 0.6) is 11.5 Å². The maximum Gasteiger partial charge on any atom is 0.264 e. The SMILES string of the molecule is C/C(=C/CC/C=C(\C#N)C(=O)N1CCC1Cn1nc(-c2ccc(Oc3ccccc3)cc2F)c2c(N)ncnc21)N1CCOCC1. The molecular formula is C34H35FN8O3. The molecule has 0 radical (unpaired) electrons. The Morgan fingerprint density at radius 2 is 1.89 bits per heavy atom. The third kappa shape index (κ3) is 6.55. The molecule has 4 heterocycles. The van der Waals surface area contributed by atoms with Gasteiger partial charge in [0.25, 0.3) is 5.91 Å². The molecule has 2 saturated heterocycles. The van der Waals surface area contributed by atoms with Gasteiger partial charge in [-0.2, -0.15) is 10.4 Å². The zero-order chi connectivity index (χ0) is 32.0. The van der Waals surface area contributed by atoms with Gasteiger partial charge in [-0.05, 0) is 50.5 Å². The first-order valence-corrected chi connectivity index (χ1v) is 15.3. The fraction of sp³-hybridized carbons (Fsp3) is 0.324. The predicted octanol–water partition coefficient (Wildman–Crippen LogP) is 5.07. The van der Waals surface area contributed by atoms with Gasteiger partial charge in [0, 0.05) is 37.0 Å². The van der Waals surface area contributed by atoms with E-state index >= 15 is 4.39 Å². The van der Waals surface area contributed by atoms with Crippen LogP contribution in [0.3, 0.4) is 0 Å². The van der Waals surface area contributed by atoms with Gasteiger partial charge < -0.3 is 25.0 Å². The minimum atomic E-state index is -0.539. The van der Waals surface area contributed by atoms with Crippen LogP contribution >= 0.6 is 0 Å². The largest absolute Gasteiger partial charge is 0.457 e. The summed E-state index contributed by atoms with van der Waals surface area (Å²) in [6.45, 7) is 6.08. The highest BCUT2D eigenvalue weighted by molar-refractivity contribution is 5.99. The van der Waals surface area contributed by atoms with Crippen LogP contribution in [0.25, 0.3) is 22.3 Å². The lowest BCUT2D eigenvalue weighted by atomic mass is 10.0. The molecule has 1 atom stereocenters. The number of morpholine rings is 1. The number of nitriles is 1. The van der Waals surface area contributed by atoms with E-state index < -0.39 is 5.82 Å². The van der Waals surface area contributed by atoms with Gasteiger partial charge in [-0.3, -0.25) is 4.79 Å². The van der Waals surface area contributed by atoms with E-state index in [4.69, 9.17) is 20.3 Å². The lowest BCUT2D eigenvalue weighted by Gasteiger charge is -2.40. The number of nitrogen functional groups attached to an aromatic ring is 1. The summed E-state index contributed by atoms with van der Waals surface area (Å²) in [6, 6.07) is 15.5. The number of benzene rings is 2. The number of amides is 1. The minimum Gasteiger partial charge on any atom is -0.457 e. The number of carbonyl (C=O) groups excluding carboxylic acids is 1. The first kappa shape index (κ1) is 30.7. The normalized spacial score (nSPS) is 17.1. The first-order chi connectivity index (χ1) is 22.4. The summed E-state index contributed by atoms with van der Waals surface area (Å²) in [6.07, 6.45) is 7.22. The quantitative estimate of drug-likeness (QED) is 0.146. The van der Waals surface area contributed by atoms with Crippen LogP contribution in [0.1, 0.15) is 26.2 Å². The number of likely N-dealkylation sites (tertiary alicyclic amines) is 1. The van der Waals surface area contributed by atoms with Crippen LogP contribution in [-0.4, -0.2) is 74.3 Å². The van der Waals surface area contributed by atoms with Crippen molar-refractivity contribution in [1.82, 2.24) is 29.5 Å². The van der Waals surface area contributed by atoms with E-state index in [-0.39, 0.29) is 28.9 Å². The van der Waals surface area contributed by atoms with E-state index in [0.29, 0.717) is 47.7 Å². The van der Waals surface area contributed by atoms with Gasteiger partial charge in [0.05, 0.1) is 31.2 Å². The van der Waals surface area contributed by atoms with Crippen LogP contribution in [0.2, 0.25) is 0 Å². The summed E-state index contributed by atoms with van der Waals surface area (Å²) < 4.78 is 28.3. The minimum absolute atomic E-state index is 0.125. The van der Waals surface area contributed by atoms with E-state index in [1.807, 2.05) is 18.2 Å². The van der Waals surface area contributed by atoms with Crippen LogP contribution < -0.4 is 10.5 Å². The van der Waals surface area contributed by atoms with Gasteiger partial charge in [-0.15, -0.1) is 0 Å². The second-order valence-corrected chi connectivity index (χ2v) is 11.2. The number of rotatable bonds is 10. The molecule has 2 aromatic carbocycles. The van der Waals surface area contributed by atoms with Crippen LogP contribution in [0.15, 0.2) is 78.3 Å². The monoisotopic (exact) mass is 622 g/mol. The summed E-state index contributed by atoms with van der Waals surface area (Å²) in [4.78, 5) is 25.8. The number of nitrogens with zero attached hydrogens (tertiary/aromatic N) is 7. The zero-order valence-corrected chi connectivity index (χ0v) is 25.6. The Kier molecular flexibility index (Phi) is 9.21. The topological polar surface area (TPSA) is 135 Å². The number of nitrogens with two attached hydrogens (primary N) is 1. The van der Waals surface area contributed by atoms with E-state index in [2.05, 4.69) is 33.9 Å². The number of hydrogen-bond acceptors (Lipinski definition) is 9. The number of ether oxygens (including phenoxy) is 2. The number of carbonyl (C=O) groups is 1. The molecule has 236 valence electrons. The predicted molar refractivity (Wildman–Crippen MR) is 171 cm³/mol. The number of hydrogen-bond donors (Lipinski definition) is 1. The molecule has 2 N–H and O–H groups in total. The Morgan fingerprint density at radius 1 is 1.11 bits per heavy atom. The smallest absolute Gasteiger partial charge is 0.264 e. The molecule has 2 fully saturated rings. The number of halogens is 1. The van der Waals surface area contributed by atoms with Crippen molar-refractivity contribution in [3.05, 3.63) is 84.1 Å². The highest BCUT2D eigenvalue weighted by atomic mass is 19.1. The Bertz CT molecular complexity index is 1830. The molecule has 2 aliphatic heterocycles. The van der Waals surface area contributed by atoms with Crippen molar-refractivity contribution >= 4 is 22.8 Å². The molecule has 1 unspecified atom stereocenters. The fourth-order valence-corrected chi connectivity index (χ4v) is 5.72. The summed E-state index contributed by atoms with van der Waals surface area (Å²) in [5.41, 5.74) is 8.50. The highest BCUT2D eigenvalue weighted by Crippen LogP contribution is 2.35. The number of aromatic nitrogens is 4. The van der Waals surface area contributed by atoms with Crippen molar-refractivity contribution in [3.63, 3.8) is 0 Å². The summed E-state index contributed by atoms with van der Waals surface area (Å²) in [5, 5.41) is 14.9. The Hall–Kier alpha value is -5.28. The molecule has 0 aliphatic carbocycles. The van der Waals surface area contributed by atoms with Crippen molar-refractivity contribution in [2.45, 2.75) is 38.8 Å². The van der Waals surface area contributed by atoms with Gasteiger partial charge >= 0.3 is 0 Å². The molecule has 12 heteroatoms. The van der Waals surface area contributed by atoms with Crippen molar-refractivity contribution in [1.29, 1.82) is 5.26 Å². The number of anilines is 1. The molecule has 46 heavy (non-hydrogen) atoms. The molecular weight excluding hydrogens is 587 g/mol. The van der Waals surface area contributed by atoms with Crippen LogP contribution in [-0.2, 0) is 16.1 Å². The lowest BCUT2D eigenvalue weighted by molar-refractivity contribution is -0.134. The van der Waals surface area contributed by atoms with Gasteiger partial charge in [0.1, 0.15) is 46.8 Å². The Labute approximate surface area is 266 Å². The molecule has 6 rings (SSSR count). The fourth-order valence-electron chi connectivity index (χ4n) is 5.72. The van der Waals surface area contributed by atoms with E-state index in [1.54, 1.807) is 39.9 Å². The molecule has 0 saturated carbocycles. The molecule has 0 spiro atoms. The van der Waals surface area contributed by atoms with Gasteiger partial charge in [-0.25, -0.2) is 19.0 Å². The maximum atomic E-state index is 15.5. The number of unbranched alkanes of at least 4 members (excludes halogenated alkanes) is 1. The van der Waals surface area contributed by atoms with E-state index in [9.17, 15) is 10.1 Å². The summed E-state index contributed by atoms with van der Waals surface area (Å²) in [7, 11) is 0. The lowest BCUT2D eigenvalue weighted by Crippen LogP contribution is -2.53. The highest BCUT2D eigenvalue weighted by Gasteiger charge is 2.35. The maximum absolute atomic E-state index is 15.5. The third-order valence-corrected chi connectivity index (χ3v) is 8.34. The number of para-hydroxylation sites is 1. The Balaban J connectivity index is 1.17.